The first-order valence-corrected chi connectivity index (χ1v) is 7.01. The number of ether oxygens (including phenoxy) is 1. The Morgan fingerprint density at radius 3 is 2.45 bits per heavy atom. The molecule has 4 heteroatoms. The number of carbonyl (C=O) groups is 2. The molecule has 0 aliphatic carbocycles. The highest BCUT2D eigenvalue weighted by molar-refractivity contribution is 5.83. The van der Waals surface area contributed by atoms with Crippen molar-refractivity contribution in [2.75, 3.05) is 0 Å². The Morgan fingerprint density at radius 2 is 1.90 bits per heavy atom. The topological polar surface area (TPSA) is 55.4 Å². The second-order valence-electron chi connectivity index (χ2n) is 5.55. The van der Waals surface area contributed by atoms with Gasteiger partial charge in [0.2, 0.25) is 0 Å². The Kier molecular flexibility index (Phi) is 4.55. The van der Waals surface area contributed by atoms with Gasteiger partial charge in [0.1, 0.15) is 11.8 Å². The van der Waals surface area contributed by atoms with Crippen molar-refractivity contribution in [3.8, 4) is 0 Å². The van der Waals surface area contributed by atoms with Crippen LogP contribution in [0.4, 0.5) is 0 Å². The molecular formula is C16H21NO3. The van der Waals surface area contributed by atoms with E-state index in [1.807, 2.05) is 44.2 Å². The standard InChI is InChI=1S/C16H21NO3/c1-10(2)20-16(19)14-9-13(11(3)18)15(17-14)12-7-5-4-6-8-12/h4-8,10,13-15,17H,9H2,1-3H3/t13-,14+,15+/m0/s1. The first-order valence-electron chi connectivity index (χ1n) is 7.01. The molecule has 1 aromatic carbocycles. The average Bonchev–Trinajstić information content (AvgIpc) is 2.84. The maximum atomic E-state index is 12.0. The largest absolute Gasteiger partial charge is 0.462 e. The fourth-order valence-electron chi connectivity index (χ4n) is 2.66. The summed E-state index contributed by atoms with van der Waals surface area (Å²) < 4.78 is 5.23. The second-order valence-corrected chi connectivity index (χ2v) is 5.55. The maximum Gasteiger partial charge on any atom is 0.323 e. The molecule has 0 bridgehead atoms. The minimum atomic E-state index is -0.406. The first-order chi connectivity index (χ1) is 9.49. The Labute approximate surface area is 119 Å². The number of benzene rings is 1. The lowest BCUT2D eigenvalue weighted by atomic mass is 9.90. The third-order valence-electron chi connectivity index (χ3n) is 3.59. The molecule has 20 heavy (non-hydrogen) atoms. The van der Waals surface area contributed by atoms with Gasteiger partial charge in [-0.1, -0.05) is 30.3 Å². The molecule has 0 radical (unpaired) electrons. The molecule has 4 nitrogen and oxygen atoms in total. The number of nitrogens with one attached hydrogen (secondary N) is 1. The maximum absolute atomic E-state index is 12.0. The molecule has 0 unspecified atom stereocenters. The molecule has 3 atom stereocenters. The van der Waals surface area contributed by atoms with E-state index in [9.17, 15) is 9.59 Å². The van der Waals surface area contributed by atoms with Gasteiger partial charge >= 0.3 is 5.97 Å². The van der Waals surface area contributed by atoms with Crippen LogP contribution in [-0.2, 0) is 14.3 Å². The molecule has 0 saturated carbocycles. The number of ketones is 1. The zero-order valence-corrected chi connectivity index (χ0v) is 12.1. The van der Waals surface area contributed by atoms with Gasteiger partial charge < -0.3 is 4.74 Å². The number of carbonyl (C=O) groups excluding carboxylic acids is 2. The fourth-order valence-corrected chi connectivity index (χ4v) is 2.66. The quantitative estimate of drug-likeness (QED) is 0.856. The van der Waals surface area contributed by atoms with E-state index in [1.165, 1.54) is 0 Å². The zero-order valence-electron chi connectivity index (χ0n) is 12.1. The summed E-state index contributed by atoms with van der Waals surface area (Å²) in [5.41, 5.74) is 1.03. The number of Topliss-reactive ketones (excluding diaryl/α,β-unsaturated/α-hetero) is 1. The molecule has 108 valence electrons. The van der Waals surface area contributed by atoms with Crippen LogP contribution in [0.2, 0.25) is 0 Å². The normalized spacial score (nSPS) is 25.7. The lowest BCUT2D eigenvalue weighted by Gasteiger charge is -2.18. The fraction of sp³-hybridized carbons (Fsp3) is 0.500. The molecular weight excluding hydrogens is 254 g/mol. The van der Waals surface area contributed by atoms with Gasteiger partial charge in [-0.2, -0.15) is 0 Å². The zero-order chi connectivity index (χ0) is 14.7. The van der Waals surface area contributed by atoms with Crippen LogP contribution in [0, 0.1) is 5.92 Å². The molecule has 1 aromatic rings. The van der Waals surface area contributed by atoms with E-state index in [0.29, 0.717) is 6.42 Å². The van der Waals surface area contributed by atoms with Crippen LogP contribution in [-0.4, -0.2) is 23.9 Å². The summed E-state index contributed by atoms with van der Waals surface area (Å²) in [7, 11) is 0. The van der Waals surface area contributed by atoms with Gasteiger partial charge in [0.25, 0.3) is 0 Å². The van der Waals surface area contributed by atoms with Gasteiger partial charge in [0, 0.05) is 12.0 Å². The van der Waals surface area contributed by atoms with Gasteiger partial charge in [0.15, 0.2) is 0 Å². The summed E-state index contributed by atoms with van der Waals surface area (Å²) in [5.74, 6) is -0.349. The van der Waals surface area contributed by atoms with Crippen LogP contribution in [0.3, 0.4) is 0 Å². The molecule has 0 aromatic heterocycles. The van der Waals surface area contributed by atoms with E-state index in [-0.39, 0.29) is 29.8 Å². The van der Waals surface area contributed by atoms with E-state index in [0.717, 1.165) is 5.56 Å². The summed E-state index contributed by atoms with van der Waals surface area (Å²) >= 11 is 0. The smallest absolute Gasteiger partial charge is 0.323 e. The van der Waals surface area contributed by atoms with Crippen molar-refractivity contribution in [3.05, 3.63) is 35.9 Å². The lowest BCUT2D eigenvalue weighted by Crippen LogP contribution is -2.35. The molecule has 1 aliphatic heterocycles. The monoisotopic (exact) mass is 275 g/mol. The van der Waals surface area contributed by atoms with E-state index in [1.54, 1.807) is 6.92 Å². The summed E-state index contributed by atoms with van der Waals surface area (Å²) in [6.07, 6.45) is 0.358. The second kappa shape index (κ2) is 6.18. The van der Waals surface area contributed by atoms with E-state index in [4.69, 9.17) is 4.74 Å². The van der Waals surface area contributed by atoms with Crippen molar-refractivity contribution < 1.29 is 14.3 Å². The number of esters is 1. The van der Waals surface area contributed by atoms with Crippen molar-refractivity contribution in [1.82, 2.24) is 5.32 Å². The summed E-state index contributed by atoms with van der Waals surface area (Å²) in [6, 6.07) is 9.25. The summed E-state index contributed by atoms with van der Waals surface area (Å²) in [4.78, 5) is 23.8. The van der Waals surface area contributed by atoms with Crippen molar-refractivity contribution in [2.24, 2.45) is 5.92 Å². The van der Waals surface area contributed by atoms with Gasteiger partial charge in [-0.05, 0) is 32.8 Å². The predicted octanol–water partition coefficient (Wildman–Crippen LogP) is 2.25. The SMILES string of the molecule is CC(=O)[C@@H]1C[C@H](C(=O)OC(C)C)N[C@@H]1c1ccccc1. The molecule has 1 fully saturated rings. The minimum absolute atomic E-state index is 0.103. The number of rotatable bonds is 4. The number of hydrogen-bond acceptors (Lipinski definition) is 4. The van der Waals surface area contributed by atoms with Crippen LogP contribution < -0.4 is 5.32 Å². The van der Waals surface area contributed by atoms with E-state index in [2.05, 4.69) is 5.32 Å². The van der Waals surface area contributed by atoms with Crippen LogP contribution >= 0.6 is 0 Å². The molecule has 2 rings (SSSR count). The van der Waals surface area contributed by atoms with Crippen molar-refractivity contribution in [1.29, 1.82) is 0 Å². The third-order valence-corrected chi connectivity index (χ3v) is 3.59. The van der Waals surface area contributed by atoms with Crippen LogP contribution in [0.5, 0.6) is 0 Å². The van der Waals surface area contributed by atoms with Gasteiger partial charge in [-0.15, -0.1) is 0 Å². The molecule has 0 spiro atoms. The van der Waals surface area contributed by atoms with Gasteiger partial charge in [-0.25, -0.2) is 0 Å². The van der Waals surface area contributed by atoms with Crippen molar-refractivity contribution in [3.63, 3.8) is 0 Å². The molecule has 1 saturated heterocycles. The Morgan fingerprint density at radius 1 is 1.25 bits per heavy atom. The highest BCUT2D eigenvalue weighted by Gasteiger charge is 2.41. The van der Waals surface area contributed by atoms with Crippen molar-refractivity contribution in [2.45, 2.75) is 45.4 Å². The van der Waals surface area contributed by atoms with E-state index < -0.39 is 6.04 Å². The Balaban J connectivity index is 2.16. The summed E-state index contributed by atoms with van der Waals surface area (Å²) in [5, 5.41) is 3.25. The minimum Gasteiger partial charge on any atom is -0.462 e. The Bertz CT molecular complexity index is 484. The van der Waals surface area contributed by atoms with Crippen LogP contribution in [0.1, 0.15) is 38.8 Å². The van der Waals surface area contributed by atoms with Gasteiger partial charge in [0.05, 0.1) is 6.10 Å². The highest BCUT2D eigenvalue weighted by Crippen LogP contribution is 2.33. The van der Waals surface area contributed by atoms with Gasteiger partial charge in [-0.3, -0.25) is 14.9 Å². The van der Waals surface area contributed by atoms with Crippen molar-refractivity contribution >= 4 is 11.8 Å². The predicted molar refractivity (Wildman–Crippen MR) is 76.1 cm³/mol. The molecule has 1 aliphatic rings. The third kappa shape index (κ3) is 3.25. The van der Waals surface area contributed by atoms with Crippen LogP contribution in [0.15, 0.2) is 30.3 Å². The number of hydrogen-bond donors (Lipinski definition) is 1. The lowest BCUT2D eigenvalue weighted by molar-refractivity contribution is -0.149. The summed E-state index contributed by atoms with van der Waals surface area (Å²) in [6.45, 7) is 5.23. The first kappa shape index (κ1) is 14.7. The molecule has 1 heterocycles. The van der Waals surface area contributed by atoms with Crippen LogP contribution in [0.25, 0.3) is 0 Å². The molecule has 1 N–H and O–H groups in total. The van der Waals surface area contributed by atoms with E-state index >= 15 is 0 Å². The average molecular weight is 275 g/mol. The highest BCUT2D eigenvalue weighted by atomic mass is 16.5. The Hall–Kier alpha value is -1.68. The molecule has 0 amide bonds.